The highest BCUT2D eigenvalue weighted by atomic mass is 32.2. The first-order valence-electron chi connectivity index (χ1n) is 8.61. The molecule has 27 heavy (non-hydrogen) atoms. The molecule has 0 amide bonds. The number of benzene rings is 1. The van der Waals surface area contributed by atoms with Crippen molar-refractivity contribution < 1.29 is 12.8 Å². The van der Waals surface area contributed by atoms with Gasteiger partial charge in [0.25, 0.3) is 0 Å². The fourth-order valence-electron chi connectivity index (χ4n) is 3.39. The molecule has 3 heterocycles. The molecule has 1 aliphatic heterocycles. The van der Waals surface area contributed by atoms with Crippen LogP contribution in [0.1, 0.15) is 24.5 Å². The number of hydrogen-bond donors (Lipinski definition) is 1. The zero-order valence-electron chi connectivity index (χ0n) is 14.4. The van der Waals surface area contributed by atoms with Crippen LogP contribution in [0.25, 0.3) is 11.3 Å². The Morgan fingerprint density at radius 3 is 2.67 bits per heavy atom. The largest absolute Gasteiger partial charge is 0.284 e. The van der Waals surface area contributed by atoms with E-state index in [1.807, 2.05) is 0 Å². The van der Waals surface area contributed by atoms with Crippen LogP contribution < -0.4 is 0 Å². The van der Waals surface area contributed by atoms with Gasteiger partial charge in [-0.25, -0.2) is 12.8 Å². The molecule has 0 spiro atoms. The summed E-state index contributed by atoms with van der Waals surface area (Å²) in [6.07, 6.45) is 7.42. The summed E-state index contributed by atoms with van der Waals surface area (Å²) >= 11 is 0. The number of piperidine rings is 1. The van der Waals surface area contributed by atoms with E-state index < -0.39 is 10.0 Å². The molecule has 1 atom stereocenters. The summed E-state index contributed by atoms with van der Waals surface area (Å²) < 4.78 is 40.3. The summed E-state index contributed by atoms with van der Waals surface area (Å²) in [4.78, 5) is 9.06. The highest BCUT2D eigenvalue weighted by Crippen LogP contribution is 2.33. The molecule has 0 radical (unpaired) electrons. The molecule has 1 N–H and O–H groups in total. The number of aromatic nitrogens is 4. The van der Waals surface area contributed by atoms with E-state index in [1.165, 1.54) is 28.8 Å². The molecule has 1 saturated heterocycles. The van der Waals surface area contributed by atoms with E-state index in [4.69, 9.17) is 0 Å². The van der Waals surface area contributed by atoms with Gasteiger partial charge in [0.1, 0.15) is 10.7 Å². The minimum atomic E-state index is -3.60. The maximum Gasteiger partial charge on any atom is 0.246 e. The van der Waals surface area contributed by atoms with Gasteiger partial charge in [0.15, 0.2) is 0 Å². The first-order valence-corrected chi connectivity index (χ1v) is 10.1. The summed E-state index contributed by atoms with van der Waals surface area (Å²) in [7, 11) is -3.60. The lowest BCUT2D eigenvalue weighted by molar-refractivity contribution is 0.312. The first kappa shape index (κ1) is 17.7. The minimum Gasteiger partial charge on any atom is -0.284 e. The van der Waals surface area contributed by atoms with Gasteiger partial charge >= 0.3 is 0 Å². The third kappa shape index (κ3) is 3.47. The standard InChI is InChI=1S/C18H18FN5O2S/c19-15-5-3-13(4-6-15)17-18(21-8-7-20-17)14-2-1-9-24(12-14)27(25,26)16-10-22-23-11-16/h3-8,10-11,14H,1-2,9,12H2,(H,22,23). The van der Waals surface area contributed by atoms with Crippen molar-refractivity contribution in [1.29, 1.82) is 0 Å². The summed E-state index contributed by atoms with van der Waals surface area (Å²) in [6.45, 7) is 0.774. The number of H-pyrrole nitrogens is 1. The number of hydrogen-bond acceptors (Lipinski definition) is 5. The predicted molar refractivity (Wildman–Crippen MR) is 96.7 cm³/mol. The van der Waals surface area contributed by atoms with Gasteiger partial charge in [-0.1, -0.05) is 0 Å². The Bertz CT molecular complexity index is 1020. The average molecular weight is 387 g/mol. The minimum absolute atomic E-state index is 0.0887. The van der Waals surface area contributed by atoms with Crippen LogP contribution in [0.5, 0.6) is 0 Å². The summed E-state index contributed by atoms with van der Waals surface area (Å²) in [5, 5.41) is 6.28. The number of halogens is 1. The lowest BCUT2D eigenvalue weighted by atomic mass is 9.92. The fraction of sp³-hybridized carbons (Fsp3) is 0.278. The highest BCUT2D eigenvalue weighted by molar-refractivity contribution is 7.89. The molecule has 0 aliphatic carbocycles. The molecule has 7 nitrogen and oxygen atoms in total. The van der Waals surface area contributed by atoms with Gasteiger partial charge in [-0.3, -0.25) is 15.1 Å². The Labute approximate surface area is 156 Å². The number of rotatable bonds is 4. The molecule has 0 bridgehead atoms. The van der Waals surface area contributed by atoms with Gasteiger partial charge in [-0.15, -0.1) is 0 Å². The molecule has 1 fully saturated rings. The second-order valence-corrected chi connectivity index (χ2v) is 8.37. The van der Waals surface area contributed by atoms with Gasteiger partial charge in [0.2, 0.25) is 10.0 Å². The quantitative estimate of drug-likeness (QED) is 0.743. The van der Waals surface area contributed by atoms with Crippen LogP contribution in [0.2, 0.25) is 0 Å². The number of aromatic amines is 1. The molecular weight excluding hydrogens is 369 g/mol. The van der Waals surface area contributed by atoms with E-state index in [9.17, 15) is 12.8 Å². The highest BCUT2D eigenvalue weighted by Gasteiger charge is 2.33. The van der Waals surface area contributed by atoms with Gasteiger partial charge in [-0.2, -0.15) is 9.40 Å². The van der Waals surface area contributed by atoms with Crippen molar-refractivity contribution in [2.45, 2.75) is 23.7 Å². The lowest BCUT2D eigenvalue weighted by Crippen LogP contribution is -2.39. The molecule has 3 aromatic rings. The van der Waals surface area contributed by atoms with Crippen molar-refractivity contribution in [3.8, 4) is 11.3 Å². The van der Waals surface area contributed by atoms with Crippen molar-refractivity contribution in [3.63, 3.8) is 0 Å². The molecule has 1 unspecified atom stereocenters. The predicted octanol–water partition coefficient (Wildman–Crippen LogP) is 2.57. The molecule has 1 aromatic carbocycles. The second-order valence-electron chi connectivity index (χ2n) is 6.43. The van der Waals surface area contributed by atoms with Crippen LogP contribution in [0.4, 0.5) is 4.39 Å². The Balaban J connectivity index is 1.65. The fourth-order valence-corrected chi connectivity index (χ4v) is 4.82. The van der Waals surface area contributed by atoms with Gasteiger partial charge < -0.3 is 0 Å². The van der Waals surface area contributed by atoms with Crippen molar-refractivity contribution >= 4 is 10.0 Å². The number of nitrogens with zero attached hydrogens (tertiary/aromatic N) is 4. The topological polar surface area (TPSA) is 91.8 Å². The molecular formula is C18H18FN5O2S. The zero-order chi connectivity index (χ0) is 18.9. The van der Waals surface area contributed by atoms with E-state index in [0.717, 1.165) is 24.1 Å². The summed E-state index contributed by atoms with van der Waals surface area (Å²) in [5.74, 6) is -0.409. The molecule has 4 rings (SSSR count). The average Bonchev–Trinajstić information content (AvgIpc) is 3.24. The van der Waals surface area contributed by atoms with Crippen LogP contribution in [0, 0.1) is 5.82 Å². The molecule has 0 saturated carbocycles. The molecule has 9 heteroatoms. The maximum absolute atomic E-state index is 13.3. The Morgan fingerprint density at radius 2 is 1.93 bits per heavy atom. The molecule has 140 valence electrons. The smallest absolute Gasteiger partial charge is 0.246 e. The van der Waals surface area contributed by atoms with Crippen LogP contribution in [-0.2, 0) is 10.0 Å². The monoisotopic (exact) mass is 387 g/mol. The van der Waals surface area contributed by atoms with E-state index >= 15 is 0 Å². The van der Waals surface area contributed by atoms with Crippen molar-refractivity contribution in [1.82, 2.24) is 24.5 Å². The van der Waals surface area contributed by atoms with Gasteiger partial charge in [0.05, 0.1) is 17.6 Å². The van der Waals surface area contributed by atoms with Crippen LogP contribution in [-0.4, -0.2) is 46.0 Å². The van der Waals surface area contributed by atoms with Crippen molar-refractivity contribution in [2.75, 3.05) is 13.1 Å². The lowest BCUT2D eigenvalue weighted by Gasteiger charge is -2.31. The number of sulfonamides is 1. The normalized spacial score (nSPS) is 18.5. The van der Waals surface area contributed by atoms with E-state index in [0.29, 0.717) is 18.8 Å². The van der Waals surface area contributed by atoms with Gasteiger partial charge in [-0.05, 0) is 37.1 Å². The molecule has 1 aliphatic rings. The number of nitrogens with one attached hydrogen (secondary N) is 1. The maximum atomic E-state index is 13.3. The first-order chi connectivity index (χ1) is 13.1. The van der Waals surface area contributed by atoms with E-state index in [1.54, 1.807) is 24.5 Å². The summed E-state index contributed by atoms with van der Waals surface area (Å²) in [5.41, 5.74) is 2.15. The van der Waals surface area contributed by atoms with Crippen molar-refractivity contribution in [2.24, 2.45) is 0 Å². The third-order valence-electron chi connectivity index (χ3n) is 4.73. The van der Waals surface area contributed by atoms with Crippen LogP contribution in [0.15, 0.2) is 53.9 Å². The second kappa shape index (κ2) is 7.16. The van der Waals surface area contributed by atoms with Crippen LogP contribution in [0.3, 0.4) is 0 Å². The van der Waals surface area contributed by atoms with E-state index in [-0.39, 0.29) is 16.6 Å². The third-order valence-corrected chi connectivity index (χ3v) is 6.56. The van der Waals surface area contributed by atoms with Gasteiger partial charge in [0, 0.05) is 43.2 Å². The molecule has 2 aromatic heterocycles. The zero-order valence-corrected chi connectivity index (χ0v) is 15.2. The SMILES string of the molecule is O=S(=O)(c1cn[nH]c1)N1CCCC(c2nccnc2-c2ccc(F)cc2)C1. The van der Waals surface area contributed by atoms with Crippen LogP contribution >= 0.6 is 0 Å². The Hall–Kier alpha value is -2.65. The Kier molecular flexibility index (Phi) is 4.71. The Morgan fingerprint density at radius 1 is 1.15 bits per heavy atom. The summed E-state index contributed by atoms with van der Waals surface area (Å²) in [6, 6.07) is 6.08. The van der Waals surface area contributed by atoms with Crippen molar-refractivity contribution in [3.05, 3.63) is 60.6 Å². The van der Waals surface area contributed by atoms with E-state index in [2.05, 4.69) is 20.2 Å².